The highest BCUT2D eigenvalue weighted by Crippen LogP contribution is 2.34. The zero-order valence-electron chi connectivity index (χ0n) is 13.6. The van der Waals surface area contributed by atoms with Gasteiger partial charge >= 0.3 is 0 Å². The van der Waals surface area contributed by atoms with E-state index in [4.69, 9.17) is 4.42 Å². The molecule has 0 atom stereocenters. The lowest BCUT2D eigenvalue weighted by molar-refractivity contribution is 0.584. The Morgan fingerprint density at radius 3 is 2.87 bits per heavy atom. The molecule has 2 heterocycles. The first-order valence-corrected chi connectivity index (χ1v) is 7.91. The Labute approximate surface area is 135 Å². The Hall–Kier alpha value is -2.53. The fraction of sp³-hybridized carbons (Fsp3) is 0.278. The van der Waals surface area contributed by atoms with Gasteiger partial charge in [-0.3, -0.25) is 5.01 Å². The van der Waals surface area contributed by atoms with Gasteiger partial charge in [0.2, 0.25) is 5.89 Å². The highest BCUT2D eigenvalue weighted by atomic mass is 16.3. The van der Waals surface area contributed by atoms with Gasteiger partial charge in [-0.25, -0.2) is 4.98 Å². The fourth-order valence-electron chi connectivity index (χ4n) is 2.91. The van der Waals surface area contributed by atoms with Crippen LogP contribution in [0, 0.1) is 12.8 Å². The summed E-state index contributed by atoms with van der Waals surface area (Å²) < 4.78 is 5.91. The average molecular weight is 308 g/mol. The van der Waals surface area contributed by atoms with Gasteiger partial charge in [0.1, 0.15) is 5.52 Å². The van der Waals surface area contributed by atoms with E-state index in [0.29, 0.717) is 11.8 Å². The van der Waals surface area contributed by atoms with Crippen molar-refractivity contribution in [1.82, 2.24) is 10.5 Å². The van der Waals surface area contributed by atoms with Crippen molar-refractivity contribution in [2.24, 2.45) is 5.92 Å². The van der Waals surface area contributed by atoms with Crippen molar-refractivity contribution in [3.8, 4) is 11.5 Å². The molecule has 5 heteroatoms. The van der Waals surface area contributed by atoms with E-state index in [1.54, 1.807) is 0 Å². The molecule has 118 valence electrons. The summed E-state index contributed by atoms with van der Waals surface area (Å²) in [5.41, 5.74) is 12.5. The summed E-state index contributed by atoms with van der Waals surface area (Å²) in [6.07, 6.45) is 0. The van der Waals surface area contributed by atoms with Crippen LogP contribution in [0.15, 0.2) is 40.8 Å². The number of para-hydroxylation sites is 1. The molecule has 5 nitrogen and oxygen atoms in total. The van der Waals surface area contributed by atoms with E-state index in [0.717, 1.165) is 40.1 Å². The number of aryl methyl sites for hydroxylation is 1. The van der Waals surface area contributed by atoms with Gasteiger partial charge in [0.15, 0.2) is 5.58 Å². The number of fused-ring (bicyclic) bond motifs is 2. The molecule has 1 aliphatic heterocycles. The minimum atomic E-state index is 0.579. The Morgan fingerprint density at radius 1 is 1.22 bits per heavy atom. The molecule has 0 saturated carbocycles. The molecule has 4 rings (SSSR count). The third-order valence-corrected chi connectivity index (χ3v) is 4.03. The lowest BCUT2D eigenvalue weighted by Crippen LogP contribution is -2.38. The maximum Gasteiger partial charge on any atom is 0.227 e. The second-order valence-electron chi connectivity index (χ2n) is 6.41. The molecule has 0 amide bonds. The topological polar surface area (TPSA) is 53.3 Å². The third kappa shape index (κ3) is 2.43. The minimum Gasteiger partial charge on any atom is -0.436 e. The monoisotopic (exact) mass is 308 g/mol. The number of aromatic nitrogens is 1. The van der Waals surface area contributed by atoms with E-state index in [-0.39, 0.29) is 0 Å². The fourth-order valence-corrected chi connectivity index (χ4v) is 2.91. The molecule has 0 radical (unpaired) electrons. The minimum absolute atomic E-state index is 0.579. The first-order valence-electron chi connectivity index (χ1n) is 7.91. The van der Waals surface area contributed by atoms with Crippen LogP contribution < -0.4 is 16.0 Å². The molecule has 2 N–H and O–H groups in total. The van der Waals surface area contributed by atoms with E-state index in [2.05, 4.69) is 53.0 Å². The van der Waals surface area contributed by atoms with Crippen LogP contribution in [0.3, 0.4) is 0 Å². The summed E-state index contributed by atoms with van der Waals surface area (Å²) in [5, 5.41) is 2.12. The van der Waals surface area contributed by atoms with Crippen LogP contribution in [0.4, 0.5) is 11.4 Å². The van der Waals surface area contributed by atoms with Crippen molar-refractivity contribution in [1.29, 1.82) is 0 Å². The summed E-state index contributed by atoms with van der Waals surface area (Å²) in [6.45, 7) is 7.40. The van der Waals surface area contributed by atoms with Crippen molar-refractivity contribution in [2.45, 2.75) is 20.8 Å². The molecular formula is C18H20N4O. The second-order valence-corrected chi connectivity index (χ2v) is 6.41. The number of oxazole rings is 1. The molecule has 23 heavy (non-hydrogen) atoms. The van der Waals surface area contributed by atoms with E-state index >= 15 is 0 Å². The van der Waals surface area contributed by atoms with Crippen molar-refractivity contribution in [3.63, 3.8) is 0 Å². The summed E-state index contributed by atoms with van der Waals surface area (Å²) in [4.78, 5) is 4.65. The van der Waals surface area contributed by atoms with Crippen LogP contribution >= 0.6 is 0 Å². The van der Waals surface area contributed by atoms with E-state index in [1.807, 2.05) is 25.1 Å². The predicted octanol–water partition coefficient (Wildman–Crippen LogP) is 4.11. The van der Waals surface area contributed by atoms with Crippen LogP contribution in [0.2, 0.25) is 0 Å². The number of anilines is 2. The van der Waals surface area contributed by atoms with E-state index < -0.39 is 0 Å². The number of nitrogens with one attached hydrogen (secondary N) is 2. The normalized spacial score (nSPS) is 13.7. The number of hydrogen-bond donors (Lipinski definition) is 2. The smallest absolute Gasteiger partial charge is 0.227 e. The summed E-state index contributed by atoms with van der Waals surface area (Å²) >= 11 is 0. The SMILES string of the molecule is Cc1cccc2oc(-c3ccc4c(c3)NNN4CC(C)C)nc12. The molecule has 3 aromatic rings. The van der Waals surface area contributed by atoms with Gasteiger partial charge in [-0.05, 0) is 42.7 Å². The lowest BCUT2D eigenvalue weighted by Gasteiger charge is -2.19. The maximum atomic E-state index is 5.91. The Bertz CT molecular complexity index is 869. The van der Waals surface area contributed by atoms with Gasteiger partial charge in [0.05, 0.1) is 11.4 Å². The molecule has 2 aromatic carbocycles. The van der Waals surface area contributed by atoms with Gasteiger partial charge in [0, 0.05) is 12.1 Å². The van der Waals surface area contributed by atoms with E-state index in [9.17, 15) is 0 Å². The Morgan fingerprint density at radius 2 is 2.09 bits per heavy atom. The number of nitrogens with zero attached hydrogens (tertiary/aromatic N) is 2. The lowest BCUT2D eigenvalue weighted by atomic mass is 10.1. The molecule has 1 aromatic heterocycles. The van der Waals surface area contributed by atoms with Crippen LogP contribution in [-0.2, 0) is 0 Å². The molecule has 0 saturated heterocycles. The number of hydrazine groups is 2. The van der Waals surface area contributed by atoms with Crippen LogP contribution in [0.25, 0.3) is 22.6 Å². The van der Waals surface area contributed by atoms with E-state index in [1.165, 1.54) is 0 Å². The largest absolute Gasteiger partial charge is 0.436 e. The van der Waals surface area contributed by atoms with Gasteiger partial charge < -0.3 is 9.84 Å². The van der Waals surface area contributed by atoms with Crippen molar-refractivity contribution in [2.75, 3.05) is 17.0 Å². The van der Waals surface area contributed by atoms with Crippen LogP contribution in [0.1, 0.15) is 19.4 Å². The highest BCUT2D eigenvalue weighted by molar-refractivity contribution is 5.82. The average Bonchev–Trinajstić information content (AvgIpc) is 3.12. The highest BCUT2D eigenvalue weighted by Gasteiger charge is 2.20. The van der Waals surface area contributed by atoms with Crippen molar-refractivity contribution < 1.29 is 4.42 Å². The van der Waals surface area contributed by atoms with Crippen molar-refractivity contribution >= 4 is 22.5 Å². The summed E-state index contributed by atoms with van der Waals surface area (Å²) in [6, 6.07) is 12.2. The zero-order chi connectivity index (χ0) is 16.0. The van der Waals surface area contributed by atoms with Gasteiger partial charge in [0.25, 0.3) is 0 Å². The first kappa shape index (κ1) is 14.1. The molecule has 0 bridgehead atoms. The molecule has 0 aliphatic carbocycles. The molecule has 1 aliphatic rings. The first-order chi connectivity index (χ1) is 11.1. The maximum absolute atomic E-state index is 5.91. The summed E-state index contributed by atoms with van der Waals surface area (Å²) in [7, 11) is 0. The standard InChI is InChI=1S/C18H20N4O/c1-11(2)10-22-15-8-7-13(9-14(15)20-21-22)18-19-17-12(3)5-4-6-16(17)23-18/h4-9,11,20-21H,10H2,1-3H3. The van der Waals surface area contributed by atoms with Gasteiger partial charge in [-0.2, -0.15) is 0 Å². The Kier molecular flexibility index (Phi) is 3.23. The number of rotatable bonds is 3. The molecule has 0 spiro atoms. The Balaban J connectivity index is 1.71. The second kappa shape index (κ2) is 5.28. The summed E-state index contributed by atoms with van der Waals surface area (Å²) in [5.74, 6) is 1.23. The van der Waals surface area contributed by atoms with Gasteiger partial charge in [-0.15, -0.1) is 5.53 Å². The zero-order valence-corrected chi connectivity index (χ0v) is 13.6. The molecular weight excluding hydrogens is 288 g/mol. The quantitative estimate of drug-likeness (QED) is 0.762. The predicted molar refractivity (Wildman–Crippen MR) is 93.1 cm³/mol. The van der Waals surface area contributed by atoms with Gasteiger partial charge in [-0.1, -0.05) is 26.0 Å². The van der Waals surface area contributed by atoms with Crippen LogP contribution in [-0.4, -0.2) is 11.5 Å². The molecule has 0 fully saturated rings. The van der Waals surface area contributed by atoms with Crippen LogP contribution in [0.5, 0.6) is 0 Å². The third-order valence-electron chi connectivity index (χ3n) is 4.03. The molecule has 0 unspecified atom stereocenters. The number of hydrogen-bond acceptors (Lipinski definition) is 5. The number of benzene rings is 2. The van der Waals surface area contributed by atoms with Crippen molar-refractivity contribution in [3.05, 3.63) is 42.0 Å².